The first-order valence-corrected chi connectivity index (χ1v) is 3.66. The second-order valence-electron chi connectivity index (χ2n) is 2.92. The van der Waals surface area contributed by atoms with Gasteiger partial charge in [0.1, 0.15) is 12.2 Å². The van der Waals surface area contributed by atoms with Crippen molar-refractivity contribution in [3.05, 3.63) is 0 Å². The fraction of sp³-hybridized carbons (Fsp3) is 1.00. The highest BCUT2D eigenvalue weighted by molar-refractivity contribution is 4.93. The van der Waals surface area contributed by atoms with Crippen molar-refractivity contribution in [2.45, 2.75) is 30.4 Å². The van der Waals surface area contributed by atoms with Gasteiger partial charge in [0.15, 0.2) is 12.4 Å². The van der Waals surface area contributed by atoms with Crippen molar-refractivity contribution in [3.63, 3.8) is 0 Å². The van der Waals surface area contributed by atoms with Crippen molar-refractivity contribution in [2.75, 3.05) is 6.61 Å². The molecule has 1 rings (SSSR count). The van der Waals surface area contributed by atoms with Crippen LogP contribution in [0.4, 0.5) is 0 Å². The normalized spacial score (nSPS) is 44.8. The van der Waals surface area contributed by atoms with E-state index in [9.17, 15) is 0 Å². The lowest BCUT2D eigenvalue weighted by Crippen LogP contribution is -2.67. The van der Waals surface area contributed by atoms with Gasteiger partial charge in [-0.05, 0) is 0 Å². The summed E-state index contributed by atoms with van der Waals surface area (Å²) in [7, 11) is 0. The van der Waals surface area contributed by atoms with E-state index >= 15 is 0 Å². The van der Waals surface area contributed by atoms with Crippen LogP contribution in [0.15, 0.2) is 0 Å². The zero-order valence-corrected chi connectivity index (χ0v) is 6.61. The molecule has 7 nitrogen and oxygen atoms in total. The second-order valence-corrected chi connectivity index (χ2v) is 2.92. The summed E-state index contributed by atoms with van der Waals surface area (Å²) in [5.74, 6) is -2.88. The van der Waals surface area contributed by atoms with Crippen LogP contribution in [-0.2, 0) is 4.74 Å². The van der Waals surface area contributed by atoms with E-state index in [2.05, 4.69) is 4.74 Å². The molecule has 1 aliphatic rings. The molecule has 1 aliphatic heterocycles. The van der Waals surface area contributed by atoms with E-state index < -0.39 is 37.0 Å². The molecule has 1 fully saturated rings. The molecule has 0 aromatic rings. The molecule has 78 valence electrons. The van der Waals surface area contributed by atoms with Gasteiger partial charge in [-0.3, -0.25) is 0 Å². The van der Waals surface area contributed by atoms with Crippen LogP contribution in [0.5, 0.6) is 0 Å². The maximum absolute atomic E-state index is 9.13. The number of aliphatic hydroxyl groups is 6. The number of aliphatic hydroxyl groups excluding tert-OH is 4. The molecule has 0 amide bonds. The molecule has 4 atom stereocenters. The Hall–Kier alpha value is -0.280. The third-order valence-electron chi connectivity index (χ3n) is 1.99. The lowest BCUT2D eigenvalue weighted by atomic mass is 9.95. The third-order valence-corrected chi connectivity index (χ3v) is 1.99. The summed E-state index contributed by atoms with van der Waals surface area (Å²) in [5.41, 5.74) is 0. The standard InChI is InChI=1S/C6H12O7/c7-1-2-3(8)6(11,12)4(9)5(10)13-2/h2-5,7-12H,1H2/t2-,3-,4+,5+/m1/s1. The monoisotopic (exact) mass is 196 g/mol. The smallest absolute Gasteiger partial charge is 0.224 e. The molecule has 1 saturated heterocycles. The van der Waals surface area contributed by atoms with Crippen molar-refractivity contribution >= 4 is 0 Å². The predicted octanol–water partition coefficient (Wildman–Crippen LogP) is -3.90. The number of hydrogen-bond donors (Lipinski definition) is 6. The molecule has 13 heavy (non-hydrogen) atoms. The molecule has 0 radical (unpaired) electrons. The van der Waals surface area contributed by atoms with Gasteiger partial charge in [0, 0.05) is 0 Å². The van der Waals surface area contributed by atoms with Crippen molar-refractivity contribution in [1.82, 2.24) is 0 Å². The Balaban J connectivity index is 2.82. The van der Waals surface area contributed by atoms with Crippen LogP contribution in [0, 0.1) is 0 Å². The van der Waals surface area contributed by atoms with Gasteiger partial charge >= 0.3 is 0 Å². The molecule has 0 saturated carbocycles. The minimum Gasteiger partial charge on any atom is -0.394 e. The number of rotatable bonds is 1. The van der Waals surface area contributed by atoms with Crippen molar-refractivity contribution in [2.24, 2.45) is 0 Å². The Bertz CT molecular complexity index is 182. The predicted molar refractivity (Wildman–Crippen MR) is 37.1 cm³/mol. The molecular weight excluding hydrogens is 184 g/mol. The largest absolute Gasteiger partial charge is 0.394 e. The average Bonchev–Trinajstić information content (AvgIpc) is 2.09. The molecule has 0 aromatic heterocycles. The summed E-state index contributed by atoms with van der Waals surface area (Å²) >= 11 is 0. The van der Waals surface area contributed by atoms with Gasteiger partial charge in [0.05, 0.1) is 6.61 Å². The first kappa shape index (κ1) is 10.8. The third kappa shape index (κ3) is 1.67. The molecule has 0 spiro atoms. The van der Waals surface area contributed by atoms with E-state index in [1.165, 1.54) is 0 Å². The van der Waals surface area contributed by atoms with Gasteiger partial charge in [0.25, 0.3) is 0 Å². The lowest BCUT2D eigenvalue weighted by Gasteiger charge is -2.42. The topological polar surface area (TPSA) is 131 Å². The molecule has 0 aromatic carbocycles. The van der Waals surface area contributed by atoms with Crippen LogP contribution in [0.25, 0.3) is 0 Å². The van der Waals surface area contributed by atoms with Crippen molar-refractivity contribution < 1.29 is 35.4 Å². The molecule has 6 N–H and O–H groups in total. The van der Waals surface area contributed by atoms with Crippen molar-refractivity contribution in [3.8, 4) is 0 Å². The maximum Gasteiger partial charge on any atom is 0.224 e. The van der Waals surface area contributed by atoms with Crippen LogP contribution in [0.3, 0.4) is 0 Å². The Morgan fingerprint density at radius 1 is 1.08 bits per heavy atom. The van der Waals surface area contributed by atoms with Crippen LogP contribution in [-0.4, -0.2) is 67.6 Å². The highest BCUT2D eigenvalue weighted by Gasteiger charge is 2.53. The molecule has 0 bridgehead atoms. The van der Waals surface area contributed by atoms with Crippen molar-refractivity contribution in [1.29, 1.82) is 0 Å². The highest BCUT2D eigenvalue weighted by Crippen LogP contribution is 2.26. The summed E-state index contributed by atoms with van der Waals surface area (Å²) in [6, 6.07) is 0. The van der Waals surface area contributed by atoms with E-state index in [0.29, 0.717) is 0 Å². The minimum absolute atomic E-state index is 0.701. The molecular formula is C6H12O7. The van der Waals surface area contributed by atoms with Gasteiger partial charge in [-0.1, -0.05) is 0 Å². The summed E-state index contributed by atoms with van der Waals surface area (Å²) in [4.78, 5) is 0. The Morgan fingerprint density at radius 3 is 2.08 bits per heavy atom. The fourth-order valence-electron chi connectivity index (χ4n) is 1.13. The lowest BCUT2D eigenvalue weighted by molar-refractivity contribution is -0.381. The highest BCUT2D eigenvalue weighted by atomic mass is 16.7. The quantitative estimate of drug-likeness (QED) is 0.236. The van der Waals surface area contributed by atoms with Gasteiger partial charge in [-0.25, -0.2) is 0 Å². The molecule has 0 aliphatic carbocycles. The summed E-state index contributed by atoms with van der Waals surface area (Å²) in [6.45, 7) is -0.701. The second kappa shape index (κ2) is 3.46. The fourth-order valence-corrected chi connectivity index (χ4v) is 1.13. The van der Waals surface area contributed by atoms with E-state index in [-0.39, 0.29) is 0 Å². The van der Waals surface area contributed by atoms with Gasteiger partial charge in [-0.15, -0.1) is 0 Å². The van der Waals surface area contributed by atoms with E-state index in [0.717, 1.165) is 0 Å². The summed E-state index contributed by atoms with van der Waals surface area (Å²) in [6.07, 6.45) is -7.11. The number of hydrogen-bond acceptors (Lipinski definition) is 7. The summed E-state index contributed by atoms with van der Waals surface area (Å²) in [5, 5.41) is 53.8. The van der Waals surface area contributed by atoms with Gasteiger partial charge in [-0.2, -0.15) is 0 Å². The SMILES string of the molecule is OC[C@H]1O[C@H](O)[C@H](O)C(O)(O)[C@@H]1O. The molecule has 1 heterocycles. The maximum atomic E-state index is 9.13. The first-order chi connectivity index (χ1) is 5.91. The Labute approximate surface area is 73.4 Å². The van der Waals surface area contributed by atoms with Gasteiger partial charge in [0.2, 0.25) is 5.79 Å². The minimum atomic E-state index is -2.88. The Morgan fingerprint density at radius 2 is 1.62 bits per heavy atom. The summed E-state index contributed by atoms with van der Waals surface area (Å²) < 4.78 is 4.48. The molecule has 0 unspecified atom stereocenters. The van der Waals surface area contributed by atoms with E-state index in [4.69, 9.17) is 30.6 Å². The average molecular weight is 196 g/mol. The first-order valence-electron chi connectivity index (χ1n) is 3.66. The van der Waals surface area contributed by atoms with Gasteiger partial charge < -0.3 is 35.4 Å². The van der Waals surface area contributed by atoms with E-state index in [1.54, 1.807) is 0 Å². The molecule has 7 heteroatoms. The Kier molecular flexibility index (Phi) is 2.88. The zero-order valence-electron chi connectivity index (χ0n) is 6.61. The van der Waals surface area contributed by atoms with Crippen LogP contribution < -0.4 is 0 Å². The van der Waals surface area contributed by atoms with Crippen LogP contribution >= 0.6 is 0 Å². The van der Waals surface area contributed by atoms with Crippen LogP contribution in [0.2, 0.25) is 0 Å². The number of ether oxygens (including phenoxy) is 1. The van der Waals surface area contributed by atoms with E-state index in [1.807, 2.05) is 0 Å². The van der Waals surface area contributed by atoms with Crippen LogP contribution in [0.1, 0.15) is 0 Å². The zero-order chi connectivity index (χ0) is 10.2.